The van der Waals surface area contributed by atoms with Crippen molar-refractivity contribution in [1.29, 1.82) is 5.26 Å². The van der Waals surface area contributed by atoms with Crippen LogP contribution in [0.25, 0.3) is 0 Å². The van der Waals surface area contributed by atoms with Crippen LogP contribution < -0.4 is 5.32 Å². The quantitative estimate of drug-likeness (QED) is 0.847. The van der Waals surface area contributed by atoms with Crippen molar-refractivity contribution in [3.05, 3.63) is 34.0 Å². The van der Waals surface area contributed by atoms with E-state index in [9.17, 15) is 9.59 Å². The molecule has 104 valence electrons. The molecule has 1 N–H and O–H groups in total. The minimum absolute atomic E-state index is 0.00621. The highest BCUT2D eigenvalue weighted by Crippen LogP contribution is 2.43. The molecule has 0 bridgehead atoms. The van der Waals surface area contributed by atoms with E-state index in [1.165, 1.54) is 25.1 Å². The molecule has 0 unspecified atom stereocenters. The number of carbonyl (C=O) groups excluding carboxylic acids is 2. The maximum atomic E-state index is 11.9. The number of furan rings is 1. The van der Waals surface area contributed by atoms with Gasteiger partial charge >= 0.3 is 5.97 Å². The lowest BCUT2D eigenvalue weighted by Gasteiger charge is -2.23. The first-order valence-electron chi connectivity index (χ1n) is 5.50. The number of hydrogen-bond acceptors (Lipinski definition) is 7. The van der Waals surface area contributed by atoms with Crippen LogP contribution in [0.1, 0.15) is 11.1 Å². The van der Waals surface area contributed by atoms with Crippen molar-refractivity contribution < 1.29 is 18.7 Å². The lowest BCUT2D eigenvalue weighted by Crippen LogP contribution is -2.31. The monoisotopic (exact) mass is 310 g/mol. The molecule has 2 heterocycles. The third kappa shape index (κ3) is 3.18. The Bertz CT molecular complexity index is 589. The van der Waals surface area contributed by atoms with E-state index in [4.69, 9.17) is 9.68 Å². The summed E-state index contributed by atoms with van der Waals surface area (Å²) < 4.78 is 10.3. The molecule has 0 aliphatic carbocycles. The summed E-state index contributed by atoms with van der Waals surface area (Å²) in [7, 11) is 1.29. The number of thioether (sulfide) groups is 2. The molecule has 2 rings (SSSR count). The summed E-state index contributed by atoms with van der Waals surface area (Å²) in [6.45, 7) is 0. The van der Waals surface area contributed by atoms with Crippen LogP contribution in [-0.4, -0.2) is 24.7 Å². The average Bonchev–Trinajstić information content (AvgIpc) is 2.98. The second kappa shape index (κ2) is 6.54. The molecule has 1 aliphatic rings. The lowest BCUT2D eigenvalue weighted by molar-refractivity contribution is -0.137. The topological polar surface area (TPSA) is 92.3 Å². The van der Waals surface area contributed by atoms with E-state index in [-0.39, 0.29) is 11.3 Å². The Labute approximate surface area is 123 Å². The minimum atomic E-state index is -0.472. The first kappa shape index (κ1) is 14.6. The first-order chi connectivity index (χ1) is 9.65. The molecule has 1 aromatic rings. The molecule has 8 heteroatoms. The number of hydrogen-bond donors (Lipinski definition) is 1. The third-order valence-corrected chi connectivity index (χ3v) is 4.87. The second-order valence-electron chi connectivity index (χ2n) is 3.63. The molecular formula is C12H10N2O4S2. The summed E-state index contributed by atoms with van der Waals surface area (Å²) in [5.74, 6) is -0.264. The van der Waals surface area contributed by atoms with Crippen LogP contribution in [-0.2, 0) is 14.3 Å². The Hall–Kier alpha value is -1.85. The van der Waals surface area contributed by atoms with Gasteiger partial charge in [0.05, 0.1) is 23.4 Å². The summed E-state index contributed by atoms with van der Waals surface area (Å²) in [4.78, 5) is 23.0. The Kier molecular flexibility index (Phi) is 4.76. The second-order valence-corrected chi connectivity index (χ2v) is 5.99. The van der Waals surface area contributed by atoms with E-state index in [2.05, 4.69) is 10.1 Å². The van der Waals surface area contributed by atoms with Gasteiger partial charge in [0.25, 0.3) is 5.91 Å². The van der Waals surface area contributed by atoms with Gasteiger partial charge in [-0.15, -0.1) is 11.8 Å². The standard InChI is InChI=1S/C12H10N2O4S2/c1-17-9(15)6-19-12-7(5-13)10(16)14-11(20-12)8-3-2-4-18-8/h2-4,11H,6H2,1H3,(H,14,16)/t11-/m1/s1. The molecule has 0 fully saturated rings. The van der Waals surface area contributed by atoms with Crippen LogP contribution in [0.3, 0.4) is 0 Å². The maximum Gasteiger partial charge on any atom is 0.316 e. The fourth-order valence-electron chi connectivity index (χ4n) is 1.44. The molecule has 0 saturated heterocycles. The van der Waals surface area contributed by atoms with Gasteiger partial charge in [-0.05, 0) is 12.1 Å². The number of methoxy groups -OCH3 is 1. The van der Waals surface area contributed by atoms with E-state index in [1.54, 1.807) is 12.1 Å². The summed E-state index contributed by atoms with van der Waals surface area (Å²) in [5, 5.41) is 11.3. The van der Waals surface area contributed by atoms with E-state index in [0.717, 1.165) is 11.8 Å². The molecule has 1 aliphatic heterocycles. The number of nitrogens with one attached hydrogen (secondary N) is 1. The van der Waals surface area contributed by atoms with Gasteiger partial charge in [-0.3, -0.25) is 9.59 Å². The zero-order chi connectivity index (χ0) is 14.5. The van der Waals surface area contributed by atoms with Crippen LogP contribution in [0.5, 0.6) is 0 Å². The van der Waals surface area contributed by atoms with Crippen LogP contribution >= 0.6 is 23.5 Å². The number of carbonyl (C=O) groups is 2. The molecule has 6 nitrogen and oxygen atoms in total. The Balaban J connectivity index is 2.18. The summed E-state index contributed by atoms with van der Waals surface area (Å²) in [6.07, 6.45) is 1.51. The number of ether oxygens (including phenoxy) is 1. The fourth-order valence-corrected chi connectivity index (χ4v) is 3.71. The van der Waals surface area contributed by atoms with E-state index < -0.39 is 17.3 Å². The molecular weight excluding hydrogens is 300 g/mol. The highest BCUT2D eigenvalue weighted by molar-refractivity contribution is 8.22. The molecule has 20 heavy (non-hydrogen) atoms. The predicted molar refractivity (Wildman–Crippen MR) is 74.3 cm³/mol. The zero-order valence-electron chi connectivity index (χ0n) is 10.4. The summed E-state index contributed by atoms with van der Waals surface area (Å²) in [5.41, 5.74) is 0.00621. The number of nitrogens with zero attached hydrogens (tertiary/aromatic N) is 1. The van der Waals surface area contributed by atoms with Crippen molar-refractivity contribution in [2.45, 2.75) is 5.37 Å². The van der Waals surface area contributed by atoms with Crippen molar-refractivity contribution >= 4 is 35.4 Å². The van der Waals surface area contributed by atoms with Gasteiger partial charge in [0.15, 0.2) is 0 Å². The first-order valence-corrected chi connectivity index (χ1v) is 7.37. The SMILES string of the molecule is COC(=O)CSC1=C(C#N)C(=O)N[C@@H](c2ccco2)S1. The largest absolute Gasteiger partial charge is 0.468 e. The normalized spacial score (nSPS) is 18.4. The van der Waals surface area contributed by atoms with Crippen LogP contribution in [0, 0.1) is 11.3 Å². The summed E-state index contributed by atoms with van der Waals surface area (Å²) in [6, 6.07) is 5.30. The average molecular weight is 310 g/mol. The van der Waals surface area contributed by atoms with Gasteiger partial charge in [0.2, 0.25) is 0 Å². The molecule has 1 amide bonds. The van der Waals surface area contributed by atoms with Crippen LogP contribution in [0.2, 0.25) is 0 Å². The molecule has 0 radical (unpaired) electrons. The van der Waals surface area contributed by atoms with Gasteiger partial charge in [-0.2, -0.15) is 5.26 Å². The Morgan fingerprint density at radius 2 is 2.50 bits per heavy atom. The number of nitriles is 1. The van der Waals surface area contributed by atoms with E-state index >= 15 is 0 Å². The minimum Gasteiger partial charge on any atom is -0.468 e. The van der Waals surface area contributed by atoms with Crippen molar-refractivity contribution in [1.82, 2.24) is 5.32 Å². The summed E-state index contributed by atoms with van der Waals surface area (Å²) >= 11 is 2.38. The van der Waals surface area contributed by atoms with Gasteiger partial charge in [0.1, 0.15) is 22.8 Å². The van der Waals surface area contributed by atoms with E-state index in [1.807, 2.05) is 6.07 Å². The maximum absolute atomic E-state index is 11.9. The van der Waals surface area contributed by atoms with Gasteiger partial charge in [-0.25, -0.2) is 0 Å². The molecule has 0 aromatic carbocycles. The van der Waals surface area contributed by atoms with Gasteiger partial charge in [-0.1, -0.05) is 11.8 Å². The van der Waals surface area contributed by atoms with Gasteiger partial charge in [0, 0.05) is 0 Å². The van der Waals surface area contributed by atoms with Crippen molar-refractivity contribution in [2.75, 3.05) is 12.9 Å². The van der Waals surface area contributed by atoms with Crippen LogP contribution in [0.4, 0.5) is 0 Å². The zero-order valence-corrected chi connectivity index (χ0v) is 12.0. The fraction of sp³-hybridized carbons (Fsp3) is 0.250. The van der Waals surface area contributed by atoms with Crippen molar-refractivity contribution in [3.63, 3.8) is 0 Å². The smallest absolute Gasteiger partial charge is 0.316 e. The number of rotatable bonds is 4. The Morgan fingerprint density at radius 1 is 1.70 bits per heavy atom. The predicted octanol–water partition coefficient (Wildman–Crippen LogP) is 1.78. The lowest BCUT2D eigenvalue weighted by atomic mass is 10.3. The Morgan fingerprint density at radius 3 is 3.10 bits per heavy atom. The molecule has 0 saturated carbocycles. The third-order valence-electron chi connectivity index (χ3n) is 2.38. The number of amides is 1. The number of esters is 1. The highest BCUT2D eigenvalue weighted by Gasteiger charge is 2.30. The molecule has 0 spiro atoms. The van der Waals surface area contributed by atoms with Crippen LogP contribution in [0.15, 0.2) is 32.6 Å². The van der Waals surface area contributed by atoms with Gasteiger partial charge < -0.3 is 14.5 Å². The molecule has 1 atom stereocenters. The highest BCUT2D eigenvalue weighted by atomic mass is 32.2. The molecule has 1 aromatic heterocycles. The van der Waals surface area contributed by atoms with Crippen molar-refractivity contribution in [2.24, 2.45) is 0 Å². The van der Waals surface area contributed by atoms with E-state index in [0.29, 0.717) is 10.00 Å². The van der Waals surface area contributed by atoms with Crippen molar-refractivity contribution in [3.8, 4) is 6.07 Å².